The van der Waals surface area contributed by atoms with Gasteiger partial charge in [0.15, 0.2) is 5.11 Å². The molecule has 0 aliphatic carbocycles. The van der Waals surface area contributed by atoms with E-state index in [4.69, 9.17) is 17.0 Å². The molecule has 0 radical (unpaired) electrons. The predicted octanol–water partition coefficient (Wildman–Crippen LogP) is 1.93. The maximum absolute atomic E-state index is 12.4. The molecular weight excluding hydrogens is 360 g/mol. The number of likely N-dealkylation sites (tertiary alicyclic amines) is 1. The minimum absolute atomic E-state index is 0.0607. The summed E-state index contributed by atoms with van der Waals surface area (Å²) in [7, 11) is 0. The number of anilines is 1. The maximum Gasteiger partial charge on any atom is 0.227 e. The van der Waals surface area contributed by atoms with Crippen molar-refractivity contribution < 1.29 is 9.53 Å². The summed E-state index contributed by atoms with van der Waals surface area (Å²) in [5, 5.41) is 7.20. The Kier molecular flexibility index (Phi) is 7.86. The maximum atomic E-state index is 12.4. The Hall–Kier alpha value is -1.70. The summed E-state index contributed by atoms with van der Waals surface area (Å²) in [6.45, 7) is 7.40. The number of carbonyl (C=O) groups is 1. The highest BCUT2D eigenvalue weighted by Crippen LogP contribution is 2.19. The second-order valence-electron chi connectivity index (χ2n) is 7.16. The van der Waals surface area contributed by atoms with Gasteiger partial charge in [-0.3, -0.25) is 9.69 Å². The Balaban J connectivity index is 1.31. The van der Waals surface area contributed by atoms with Crippen LogP contribution in [0.3, 0.4) is 0 Å². The van der Waals surface area contributed by atoms with Crippen LogP contribution in [0.15, 0.2) is 30.3 Å². The molecule has 0 spiro atoms. The molecule has 0 saturated carbocycles. The van der Waals surface area contributed by atoms with E-state index >= 15 is 0 Å². The van der Waals surface area contributed by atoms with Crippen molar-refractivity contribution in [3.63, 3.8) is 0 Å². The van der Waals surface area contributed by atoms with Crippen molar-refractivity contribution in [2.75, 3.05) is 57.8 Å². The number of hydrogen-bond acceptors (Lipinski definition) is 4. The first-order valence-corrected chi connectivity index (χ1v) is 10.3. The van der Waals surface area contributed by atoms with Crippen LogP contribution < -0.4 is 10.6 Å². The zero-order chi connectivity index (χ0) is 18.9. The fraction of sp³-hybridized carbons (Fsp3) is 0.600. The van der Waals surface area contributed by atoms with E-state index in [1.54, 1.807) is 0 Å². The quantitative estimate of drug-likeness (QED) is 0.572. The van der Waals surface area contributed by atoms with Crippen LogP contribution in [-0.2, 0) is 9.53 Å². The number of ether oxygens (including phenoxy) is 1. The molecule has 2 aliphatic rings. The minimum Gasteiger partial charge on any atom is -0.379 e. The third-order valence-electron chi connectivity index (χ3n) is 5.23. The lowest BCUT2D eigenvalue weighted by molar-refractivity contribution is -0.120. The Morgan fingerprint density at radius 3 is 2.52 bits per heavy atom. The molecule has 3 rings (SSSR count). The van der Waals surface area contributed by atoms with Gasteiger partial charge in [0.25, 0.3) is 0 Å². The van der Waals surface area contributed by atoms with Gasteiger partial charge in [0.1, 0.15) is 0 Å². The molecule has 2 heterocycles. The van der Waals surface area contributed by atoms with Gasteiger partial charge in [0.2, 0.25) is 5.91 Å². The SMILES string of the molecule is O=C(Nc1ccccc1)C1CCN(C(=S)NCCCN2CCOCC2)CC1. The van der Waals surface area contributed by atoms with Crippen molar-refractivity contribution in [1.29, 1.82) is 0 Å². The summed E-state index contributed by atoms with van der Waals surface area (Å²) in [6.07, 6.45) is 2.76. The van der Waals surface area contributed by atoms with Gasteiger partial charge < -0.3 is 20.3 Å². The first-order valence-electron chi connectivity index (χ1n) is 9.91. The Labute approximate surface area is 167 Å². The lowest BCUT2D eigenvalue weighted by Crippen LogP contribution is -2.46. The van der Waals surface area contributed by atoms with Gasteiger partial charge >= 0.3 is 0 Å². The van der Waals surface area contributed by atoms with E-state index in [1.807, 2.05) is 30.3 Å². The molecule has 148 valence electrons. The molecule has 6 nitrogen and oxygen atoms in total. The van der Waals surface area contributed by atoms with E-state index in [0.717, 1.165) is 82.5 Å². The molecule has 7 heteroatoms. The minimum atomic E-state index is 0.0607. The van der Waals surface area contributed by atoms with Gasteiger partial charge in [-0.1, -0.05) is 18.2 Å². The van der Waals surface area contributed by atoms with Crippen LogP contribution in [0.1, 0.15) is 19.3 Å². The molecule has 0 unspecified atom stereocenters. The molecule has 0 bridgehead atoms. The van der Waals surface area contributed by atoms with Gasteiger partial charge in [0, 0.05) is 44.3 Å². The number of benzene rings is 1. The number of nitrogens with one attached hydrogen (secondary N) is 2. The molecule has 2 saturated heterocycles. The van der Waals surface area contributed by atoms with Gasteiger partial charge in [-0.05, 0) is 50.2 Å². The Morgan fingerprint density at radius 2 is 1.81 bits per heavy atom. The molecule has 0 aromatic heterocycles. The van der Waals surface area contributed by atoms with Crippen LogP contribution in [0, 0.1) is 5.92 Å². The van der Waals surface area contributed by atoms with E-state index < -0.39 is 0 Å². The number of hydrogen-bond donors (Lipinski definition) is 2. The number of piperidine rings is 1. The van der Waals surface area contributed by atoms with E-state index in [0.29, 0.717) is 0 Å². The van der Waals surface area contributed by atoms with Crippen LogP contribution in [0.5, 0.6) is 0 Å². The topological polar surface area (TPSA) is 56.8 Å². The fourth-order valence-corrected chi connectivity index (χ4v) is 3.83. The van der Waals surface area contributed by atoms with Crippen molar-refractivity contribution >= 4 is 28.9 Å². The van der Waals surface area contributed by atoms with Gasteiger partial charge in [-0.15, -0.1) is 0 Å². The van der Waals surface area contributed by atoms with Crippen molar-refractivity contribution in [3.05, 3.63) is 30.3 Å². The van der Waals surface area contributed by atoms with Crippen LogP contribution in [0.2, 0.25) is 0 Å². The normalized spacial score (nSPS) is 18.9. The summed E-state index contributed by atoms with van der Waals surface area (Å²) in [5.74, 6) is 0.177. The lowest BCUT2D eigenvalue weighted by atomic mass is 9.96. The molecule has 2 N–H and O–H groups in total. The molecule has 1 aromatic carbocycles. The number of morpholine rings is 1. The Bertz CT molecular complexity index is 599. The van der Waals surface area contributed by atoms with Crippen LogP contribution >= 0.6 is 12.2 Å². The average Bonchev–Trinajstić information content (AvgIpc) is 2.72. The monoisotopic (exact) mass is 390 g/mol. The number of rotatable bonds is 6. The molecule has 1 aromatic rings. The van der Waals surface area contributed by atoms with Crippen LogP contribution in [-0.4, -0.2) is 73.3 Å². The van der Waals surface area contributed by atoms with E-state index in [-0.39, 0.29) is 11.8 Å². The number of amides is 1. The third kappa shape index (κ3) is 6.45. The Morgan fingerprint density at radius 1 is 1.11 bits per heavy atom. The van der Waals surface area contributed by atoms with Crippen molar-refractivity contribution in [1.82, 2.24) is 15.1 Å². The zero-order valence-electron chi connectivity index (χ0n) is 15.9. The second-order valence-corrected chi connectivity index (χ2v) is 7.54. The molecule has 27 heavy (non-hydrogen) atoms. The molecule has 1 amide bonds. The largest absolute Gasteiger partial charge is 0.379 e. The molecule has 0 atom stereocenters. The van der Waals surface area contributed by atoms with E-state index in [2.05, 4.69) is 20.4 Å². The molecule has 2 aliphatic heterocycles. The van der Waals surface area contributed by atoms with Crippen molar-refractivity contribution in [2.24, 2.45) is 5.92 Å². The first-order chi connectivity index (χ1) is 13.2. The summed E-state index contributed by atoms with van der Waals surface area (Å²) in [6, 6.07) is 9.65. The number of thiocarbonyl (C=S) groups is 1. The number of para-hydroxylation sites is 1. The van der Waals surface area contributed by atoms with Crippen molar-refractivity contribution in [3.8, 4) is 0 Å². The predicted molar refractivity (Wildman–Crippen MR) is 112 cm³/mol. The van der Waals surface area contributed by atoms with Crippen molar-refractivity contribution in [2.45, 2.75) is 19.3 Å². The van der Waals surface area contributed by atoms with Gasteiger partial charge in [0.05, 0.1) is 13.2 Å². The van der Waals surface area contributed by atoms with E-state index in [9.17, 15) is 4.79 Å². The standard InChI is InChI=1S/C20H30N4O2S/c25-19(22-18-5-2-1-3-6-18)17-7-11-24(12-8-17)20(27)21-9-4-10-23-13-15-26-16-14-23/h1-3,5-6,17H,4,7-16H2,(H,21,27)(H,22,25). The third-order valence-corrected chi connectivity index (χ3v) is 5.63. The highest BCUT2D eigenvalue weighted by Gasteiger charge is 2.26. The van der Waals surface area contributed by atoms with E-state index in [1.165, 1.54) is 0 Å². The highest BCUT2D eigenvalue weighted by molar-refractivity contribution is 7.80. The van der Waals surface area contributed by atoms with Crippen LogP contribution in [0.4, 0.5) is 5.69 Å². The average molecular weight is 391 g/mol. The van der Waals surface area contributed by atoms with Gasteiger partial charge in [-0.25, -0.2) is 0 Å². The fourth-order valence-electron chi connectivity index (χ4n) is 3.55. The molecular formula is C20H30N4O2S. The summed E-state index contributed by atoms with van der Waals surface area (Å²) >= 11 is 5.53. The number of nitrogens with zero attached hydrogens (tertiary/aromatic N) is 2. The smallest absolute Gasteiger partial charge is 0.227 e. The molecule has 2 fully saturated rings. The summed E-state index contributed by atoms with van der Waals surface area (Å²) in [4.78, 5) is 17.0. The zero-order valence-corrected chi connectivity index (χ0v) is 16.7. The lowest BCUT2D eigenvalue weighted by Gasteiger charge is -2.33. The highest BCUT2D eigenvalue weighted by atomic mass is 32.1. The van der Waals surface area contributed by atoms with Crippen LogP contribution in [0.25, 0.3) is 0 Å². The second kappa shape index (κ2) is 10.6. The number of carbonyl (C=O) groups excluding carboxylic acids is 1. The summed E-state index contributed by atoms with van der Waals surface area (Å²) in [5.41, 5.74) is 0.863. The summed E-state index contributed by atoms with van der Waals surface area (Å²) < 4.78 is 5.37. The first kappa shape index (κ1) is 20.0. The van der Waals surface area contributed by atoms with Gasteiger partial charge in [-0.2, -0.15) is 0 Å².